The molecule has 0 bridgehead atoms. The van der Waals surface area contributed by atoms with Gasteiger partial charge in [0.25, 0.3) is 5.91 Å². The highest BCUT2D eigenvalue weighted by Gasteiger charge is 2.28. The van der Waals surface area contributed by atoms with Crippen molar-refractivity contribution in [1.29, 1.82) is 5.26 Å². The van der Waals surface area contributed by atoms with E-state index in [4.69, 9.17) is 32.4 Å². The standard InChI is InChI=1S/C25H20Cl2N2O4S/c1-2-32-25(31)21-16-6-3-4-9-20(16)34-24(21)29-23(30)14(13-28)12-15-10-11-19(33-15)22-17(26)7-5-8-18(22)27/h5,7-8,10-12H,2-4,6,9H2,1H3,(H,29,30). The van der Waals surface area contributed by atoms with Crippen LogP contribution in [-0.2, 0) is 22.4 Å². The lowest BCUT2D eigenvalue weighted by molar-refractivity contribution is -0.112. The van der Waals surface area contributed by atoms with Gasteiger partial charge in [-0.25, -0.2) is 4.79 Å². The third-order valence-corrected chi connectivity index (χ3v) is 7.20. The number of fused-ring (bicyclic) bond motifs is 1. The lowest BCUT2D eigenvalue weighted by Crippen LogP contribution is -2.16. The fourth-order valence-corrected chi connectivity index (χ4v) is 5.69. The van der Waals surface area contributed by atoms with Crippen LogP contribution in [0.25, 0.3) is 17.4 Å². The first-order chi connectivity index (χ1) is 16.4. The van der Waals surface area contributed by atoms with E-state index in [9.17, 15) is 14.9 Å². The summed E-state index contributed by atoms with van der Waals surface area (Å²) in [5, 5.41) is 13.6. The molecule has 1 amide bonds. The molecule has 174 valence electrons. The van der Waals surface area contributed by atoms with Crippen molar-refractivity contribution in [2.24, 2.45) is 0 Å². The minimum Gasteiger partial charge on any atom is -0.462 e. The van der Waals surface area contributed by atoms with Gasteiger partial charge in [0.1, 0.15) is 28.2 Å². The molecule has 0 saturated heterocycles. The summed E-state index contributed by atoms with van der Waals surface area (Å²) in [6.07, 6.45) is 4.95. The molecule has 0 unspecified atom stereocenters. The Kier molecular flexibility index (Phi) is 7.42. The van der Waals surface area contributed by atoms with Crippen molar-refractivity contribution in [3.05, 3.63) is 67.7 Å². The van der Waals surface area contributed by atoms with Gasteiger partial charge in [-0.2, -0.15) is 5.26 Å². The molecule has 0 fully saturated rings. The molecule has 2 heterocycles. The van der Waals surface area contributed by atoms with Crippen LogP contribution in [0.3, 0.4) is 0 Å². The van der Waals surface area contributed by atoms with Gasteiger partial charge in [0, 0.05) is 11.0 Å². The summed E-state index contributed by atoms with van der Waals surface area (Å²) in [5.41, 5.74) is 1.67. The van der Waals surface area contributed by atoms with E-state index >= 15 is 0 Å². The van der Waals surface area contributed by atoms with E-state index in [0.29, 0.717) is 31.9 Å². The predicted octanol–water partition coefficient (Wildman–Crippen LogP) is 6.92. The van der Waals surface area contributed by atoms with Crippen LogP contribution in [-0.4, -0.2) is 18.5 Å². The summed E-state index contributed by atoms with van der Waals surface area (Å²) in [6.45, 7) is 1.97. The Morgan fingerprint density at radius 1 is 1.21 bits per heavy atom. The van der Waals surface area contributed by atoms with E-state index in [0.717, 1.165) is 36.1 Å². The zero-order valence-electron chi connectivity index (χ0n) is 18.2. The number of nitrogens with one attached hydrogen (secondary N) is 1. The van der Waals surface area contributed by atoms with E-state index in [-0.39, 0.29) is 17.9 Å². The summed E-state index contributed by atoms with van der Waals surface area (Å²) in [6, 6.07) is 10.3. The van der Waals surface area contributed by atoms with Gasteiger partial charge in [-0.3, -0.25) is 4.79 Å². The molecule has 1 aliphatic carbocycles. The third-order valence-electron chi connectivity index (χ3n) is 5.37. The molecule has 3 aromatic rings. The molecule has 34 heavy (non-hydrogen) atoms. The molecule has 0 aliphatic heterocycles. The highest BCUT2D eigenvalue weighted by molar-refractivity contribution is 7.17. The monoisotopic (exact) mass is 514 g/mol. The van der Waals surface area contributed by atoms with E-state index in [1.165, 1.54) is 17.4 Å². The van der Waals surface area contributed by atoms with Gasteiger partial charge in [0.05, 0.1) is 27.8 Å². The number of esters is 1. The quantitative estimate of drug-likeness (QED) is 0.219. The number of rotatable bonds is 6. The van der Waals surface area contributed by atoms with E-state index in [1.807, 2.05) is 6.07 Å². The number of amides is 1. The number of furan rings is 1. The van der Waals surface area contributed by atoms with Gasteiger partial charge in [-0.1, -0.05) is 29.3 Å². The number of aryl methyl sites for hydroxylation is 1. The average molecular weight is 515 g/mol. The van der Waals surface area contributed by atoms with Crippen LogP contribution in [0.4, 0.5) is 5.00 Å². The normalized spacial score (nSPS) is 13.2. The average Bonchev–Trinajstić information content (AvgIpc) is 3.41. The second kappa shape index (κ2) is 10.5. The minimum atomic E-state index is -0.639. The Morgan fingerprint density at radius 2 is 1.94 bits per heavy atom. The molecule has 0 radical (unpaired) electrons. The number of thiophene rings is 1. The highest BCUT2D eigenvalue weighted by Crippen LogP contribution is 2.39. The molecular weight excluding hydrogens is 495 g/mol. The van der Waals surface area contributed by atoms with Crippen LogP contribution in [0.1, 0.15) is 46.3 Å². The second-order valence-electron chi connectivity index (χ2n) is 7.56. The molecule has 0 spiro atoms. The molecule has 4 rings (SSSR count). The zero-order valence-corrected chi connectivity index (χ0v) is 20.6. The topological polar surface area (TPSA) is 92.3 Å². The van der Waals surface area contributed by atoms with Gasteiger partial charge < -0.3 is 14.5 Å². The van der Waals surface area contributed by atoms with Crippen molar-refractivity contribution in [3.63, 3.8) is 0 Å². The molecule has 1 aliphatic rings. The maximum Gasteiger partial charge on any atom is 0.341 e. The zero-order chi connectivity index (χ0) is 24.2. The van der Waals surface area contributed by atoms with Gasteiger partial charge >= 0.3 is 5.97 Å². The number of hydrogen-bond acceptors (Lipinski definition) is 6. The van der Waals surface area contributed by atoms with Gasteiger partial charge in [-0.15, -0.1) is 11.3 Å². The SMILES string of the molecule is CCOC(=O)c1c(NC(=O)C(C#N)=Cc2ccc(-c3c(Cl)cccc3Cl)o2)sc2c1CCCC2. The van der Waals surface area contributed by atoms with E-state index in [1.54, 1.807) is 37.3 Å². The van der Waals surface area contributed by atoms with Crippen LogP contribution in [0.15, 0.2) is 40.3 Å². The predicted molar refractivity (Wildman–Crippen MR) is 133 cm³/mol. The third kappa shape index (κ3) is 4.90. The van der Waals surface area contributed by atoms with Crippen molar-refractivity contribution < 1.29 is 18.7 Å². The number of nitrogens with zero attached hydrogens (tertiary/aromatic N) is 1. The lowest BCUT2D eigenvalue weighted by atomic mass is 9.95. The summed E-state index contributed by atoms with van der Waals surface area (Å²) >= 11 is 13.8. The van der Waals surface area contributed by atoms with Crippen LogP contribution < -0.4 is 5.32 Å². The molecule has 1 aromatic carbocycles. The summed E-state index contributed by atoms with van der Waals surface area (Å²) in [5.74, 6) is -0.406. The second-order valence-corrected chi connectivity index (χ2v) is 9.48. The Bertz CT molecular complexity index is 1310. The van der Waals surface area contributed by atoms with Crippen molar-refractivity contribution >= 4 is 57.5 Å². The summed E-state index contributed by atoms with van der Waals surface area (Å²) in [7, 11) is 0. The molecule has 6 nitrogen and oxygen atoms in total. The minimum absolute atomic E-state index is 0.174. The van der Waals surface area contributed by atoms with Crippen LogP contribution in [0.5, 0.6) is 0 Å². The molecule has 1 N–H and O–H groups in total. The first kappa shape index (κ1) is 24.1. The maximum absolute atomic E-state index is 12.9. The number of nitriles is 1. The van der Waals surface area contributed by atoms with Gasteiger partial charge in [0.2, 0.25) is 0 Å². The summed E-state index contributed by atoms with van der Waals surface area (Å²) < 4.78 is 11.0. The fraction of sp³-hybridized carbons (Fsp3) is 0.240. The lowest BCUT2D eigenvalue weighted by Gasteiger charge is -2.12. The number of anilines is 1. The van der Waals surface area contributed by atoms with Crippen molar-refractivity contribution in [3.8, 4) is 17.4 Å². The number of halogens is 2. The molecule has 2 aromatic heterocycles. The Morgan fingerprint density at radius 3 is 2.65 bits per heavy atom. The molecule has 0 saturated carbocycles. The van der Waals surface area contributed by atoms with Gasteiger partial charge in [0.15, 0.2) is 0 Å². The number of benzene rings is 1. The summed E-state index contributed by atoms with van der Waals surface area (Å²) in [4.78, 5) is 26.6. The van der Waals surface area contributed by atoms with E-state index in [2.05, 4.69) is 5.32 Å². The van der Waals surface area contributed by atoms with Crippen LogP contribution >= 0.6 is 34.5 Å². The molecule has 9 heteroatoms. The van der Waals surface area contributed by atoms with Crippen LogP contribution in [0.2, 0.25) is 10.0 Å². The maximum atomic E-state index is 12.9. The van der Waals surface area contributed by atoms with Crippen molar-refractivity contribution in [2.45, 2.75) is 32.6 Å². The number of carbonyl (C=O) groups is 2. The number of ether oxygens (including phenoxy) is 1. The Labute approximate surface area is 210 Å². The number of hydrogen-bond donors (Lipinski definition) is 1. The largest absolute Gasteiger partial charge is 0.462 e. The van der Waals surface area contributed by atoms with Gasteiger partial charge in [-0.05, 0) is 62.4 Å². The first-order valence-corrected chi connectivity index (χ1v) is 12.3. The smallest absolute Gasteiger partial charge is 0.341 e. The molecule has 0 atom stereocenters. The fourth-order valence-electron chi connectivity index (χ4n) is 3.83. The highest BCUT2D eigenvalue weighted by atomic mass is 35.5. The van der Waals surface area contributed by atoms with Crippen LogP contribution in [0, 0.1) is 11.3 Å². The first-order valence-electron chi connectivity index (χ1n) is 10.7. The van der Waals surface area contributed by atoms with E-state index < -0.39 is 11.9 Å². The molecular formula is C25H20Cl2N2O4S. The Hall–Kier alpha value is -3.05. The van der Waals surface area contributed by atoms with Crippen molar-refractivity contribution in [2.75, 3.05) is 11.9 Å². The number of carbonyl (C=O) groups excluding carboxylic acids is 2. The van der Waals surface area contributed by atoms with Crippen molar-refractivity contribution in [1.82, 2.24) is 0 Å². The Balaban J connectivity index is 1.61.